The number of amides is 1. The second-order valence-corrected chi connectivity index (χ2v) is 7.90. The average Bonchev–Trinajstić information content (AvgIpc) is 3.35. The molecule has 1 amide bonds. The third-order valence-electron chi connectivity index (χ3n) is 5.26. The zero-order valence-electron chi connectivity index (χ0n) is 14.2. The molecule has 2 aliphatic rings. The van der Waals surface area contributed by atoms with Crippen molar-refractivity contribution >= 4 is 23.2 Å². The van der Waals surface area contributed by atoms with Crippen LogP contribution >= 0.6 is 11.3 Å². The number of aromatic nitrogens is 2. The predicted molar refractivity (Wildman–Crippen MR) is 93.8 cm³/mol. The van der Waals surface area contributed by atoms with Gasteiger partial charge in [0.25, 0.3) is 0 Å². The number of aromatic amines is 1. The van der Waals surface area contributed by atoms with E-state index in [-0.39, 0.29) is 24.2 Å². The largest absolute Gasteiger partial charge is 0.458 e. The fraction of sp³-hybridized carbons (Fsp3) is 0.500. The fourth-order valence-corrected chi connectivity index (χ4v) is 4.71. The number of thiophene rings is 1. The summed E-state index contributed by atoms with van der Waals surface area (Å²) in [7, 11) is 1.78. The standard InChI is InChI=1S/C18H21N3O3S/c1-21(11-12-9-14(20-19-12)15-5-4-8-25-15)17(23)13-10-16(22)24-18(13)6-2-3-7-18/h4-5,8-9,13H,2-3,6-7,10-11H2,1H3,(H,19,20)/t13-/m0/s1. The van der Waals surface area contributed by atoms with Crippen LogP contribution in [-0.2, 0) is 20.9 Å². The number of rotatable bonds is 4. The molecule has 1 aliphatic heterocycles. The summed E-state index contributed by atoms with van der Waals surface area (Å²) in [6.07, 6.45) is 3.84. The smallest absolute Gasteiger partial charge is 0.307 e. The van der Waals surface area contributed by atoms with Crippen LogP contribution in [0.1, 0.15) is 37.8 Å². The summed E-state index contributed by atoms with van der Waals surface area (Å²) in [6, 6.07) is 5.98. The Kier molecular flexibility index (Phi) is 4.11. The first kappa shape index (κ1) is 16.3. The lowest BCUT2D eigenvalue weighted by atomic mass is 9.84. The third-order valence-corrected chi connectivity index (χ3v) is 6.15. The highest BCUT2D eigenvalue weighted by molar-refractivity contribution is 7.13. The van der Waals surface area contributed by atoms with Crippen LogP contribution in [0.4, 0.5) is 0 Å². The summed E-state index contributed by atoms with van der Waals surface area (Å²) in [6.45, 7) is 0.442. The SMILES string of the molecule is CN(Cc1cc(-c2cccs2)n[nH]1)C(=O)[C@@H]1CC(=O)OC12CCCC2. The van der Waals surface area contributed by atoms with Gasteiger partial charge in [0.15, 0.2) is 0 Å². The van der Waals surface area contributed by atoms with Crippen LogP contribution in [0.25, 0.3) is 10.6 Å². The van der Waals surface area contributed by atoms with Crippen molar-refractivity contribution in [1.29, 1.82) is 0 Å². The zero-order valence-corrected chi connectivity index (χ0v) is 15.0. The second-order valence-electron chi connectivity index (χ2n) is 6.95. The van der Waals surface area contributed by atoms with E-state index in [9.17, 15) is 9.59 Å². The monoisotopic (exact) mass is 359 g/mol. The van der Waals surface area contributed by atoms with Crippen LogP contribution < -0.4 is 0 Å². The molecule has 7 heteroatoms. The number of carbonyl (C=O) groups is 2. The van der Waals surface area contributed by atoms with Crippen LogP contribution in [0.5, 0.6) is 0 Å². The van der Waals surface area contributed by atoms with E-state index >= 15 is 0 Å². The molecule has 0 aromatic carbocycles. The van der Waals surface area contributed by atoms with Crippen LogP contribution in [-0.4, -0.2) is 39.6 Å². The van der Waals surface area contributed by atoms with E-state index < -0.39 is 5.60 Å². The van der Waals surface area contributed by atoms with E-state index in [2.05, 4.69) is 10.2 Å². The van der Waals surface area contributed by atoms with Gasteiger partial charge >= 0.3 is 5.97 Å². The molecule has 1 N–H and O–H groups in total. The molecule has 132 valence electrons. The third kappa shape index (κ3) is 2.97. The van der Waals surface area contributed by atoms with Crippen LogP contribution in [0.15, 0.2) is 23.6 Å². The molecule has 0 unspecified atom stereocenters. The maximum Gasteiger partial charge on any atom is 0.307 e. The molecule has 2 fully saturated rings. The summed E-state index contributed by atoms with van der Waals surface area (Å²) in [5.41, 5.74) is 1.21. The highest BCUT2D eigenvalue weighted by Crippen LogP contribution is 2.46. The number of hydrogen-bond acceptors (Lipinski definition) is 5. The minimum absolute atomic E-state index is 0.0139. The van der Waals surface area contributed by atoms with Crippen molar-refractivity contribution in [2.24, 2.45) is 5.92 Å². The first-order chi connectivity index (χ1) is 12.1. The minimum atomic E-state index is -0.557. The Labute approximate surface area is 150 Å². The maximum atomic E-state index is 13.0. The number of H-pyrrole nitrogens is 1. The Morgan fingerprint density at radius 2 is 2.28 bits per heavy atom. The van der Waals surface area contributed by atoms with E-state index in [4.69, 9.17) is 4.74 Å². The molecule has 0 radical (unpaired) electrons. The summed E-state index contributed by atoms with van der Waals surface area (Å²) < 4.78 is 5.59. The quantitative estimate of drug-likeness (QED) is 0.852. The van der Waals surface area contributed by atoms with Gasteiger partial charge in [-0.25, -0.2) is 0 Å². The predicted octanol–water partition coefficient (Wildman–Crippen LogP) is 2.97. The Hall–Kier alpha value is -2.15. The van der Waals surface area contributed by atoms with Crippen molar-refractivity contribution in [3.63, 3.8) is 0 Å². The van der Waals surface area contributed by atoms with Gasteiger partial charge in [-0.15, -0.1) is 11.3 Å². The number of carbonyl (C=O) groups excluding carboxylic acids is 2. The first-order valence-electron chi connectivity index (χ1n) is 8.62. The lowest BCUT2D eigenvalue weighted by Crippen LogP contribution is -2.43. The lowest BCUT2D eigenvalue weighted by molar-refractivity contribution is -0.151. The molecule has 0 bridgehead atoms. The number of esters is 1. The Balaban J connectivity index is 1.46. The topological polar surface area (TPSA) is 75.3 Å². The highest BCUT2D eigenvalue weighted by atomic mass is 32.1. The molecule has 2 aromatic heterocycles. The molecule has 4 rings (SSSR count). The van der Waals surface area contributed by atoms with Crippen molar-refractivity contribution in [3.05, 3.63) is 29.3 Å². The molecular formula is C18H21N3O3S. The minimum Gasteiger partial charge on any atom is -0.458 e. The number of nitrogens with one attached hydrogen (secondary N) is 1. The van der Waals surface area contributed by atoms with Gasteiger partial charge in [-0.2, -0.15) is 5.10 Å². The van der Waals surface area contributed by atoms with Crippen molar-refractivity contribution in [2.75, 3.05) is 7.05 Å². The van der Waals surface area contributed by atoms with Crippen LogP contribution in [0, 0.1) is 5.92 Å². The van der Waals surface area contributed by atoms with Gasteiger partial charge in [0, 0.05) is 7.05 Å². The molecule has 1 atom stereocenters. The molecule has 1 saturated carbocycles. The molecule has 2 aromatic rings. The van der Waals surface area contributed by atoms with Crippen molar-refractivity contribution in [1.82, 2.24) is 15.1 Å². The van der Waals surface area contributed by atoms with Gasteiger partial charge in [-0.05, 0) is 43.2 Å². The van der Waals surface area contributed by atoms with Gasteiger partial charge in [0.2, 0.25) is 5.91 Å². The molecule has 1 spiro atoms. The highest BCUT2D eigenvalue weighted by Gasteiger charge is 2.54. The van der Waals surface area contributed by atoms with E-state index in [1.807, 2.05) is 23.6 Å². The molecular weight excluding hydrogens is 338 g/mol. The van der Waals surface area contributed by atoms with E-state index in [1.165, 1.54) is 0 Å². The van der Waals surface area contributed by atoms with Gasteiger partial charge in [0.1, 0.15) is 11.3 Å². The van der Waals surface area contributed by atoms with Crippen LogP contribution in [0.2, 0.25) is 0 Å². The summed E-state index contributed by atoms with van der Waals surface area (Å²) in [5.74, 6) is -0.609. The van der Waals surface area contributed by atoms with Crippen molar-refractivity contribution < 1.29 is 14.3 Å². The van der Waals surface area contributed by atoms with E-state index in [0.717, 1.165) is 41.9 Å². The number of ether oxygens (including phenoxy) is 1. The molecule has 6 nitrogen and oxygen atoms in total. The van der Waals surface area contributed by atoms with Gasteiger partial charge in [0.05, 0.1) is 29.5 Å². The molecule has 1 aliphatic carbocycles. The van der Waals surface area contributed by atoms with E-state index in [1.54, 1.807) is 23.3 Å². The Bertz CT molecular complexity index is 777. The Morgan fingerprint density at radius 1 is 1.48 bits per heavy atom. The zero-order chi connectivity index (χ0) is 17.4. The van der Waals surface area contributed by atoms with Crippen LogP contribution in [0.3, 0.4) is 0 Å². The lowest BCUT2D eigenvalue weighted by Gasteiger charge is -2.30. The van der Waals surface area contributed by atoms with Crippen molar-refractivity contribution in [2.45, 2.75) is 44.2 Å². The summed E-state index contributed by atoms with van der Waals surface area (Å²) in [5, 5.41) is 9.34. The van der Waals surface area contributed by atoms with Crippen molar-refractivity contribution in [3.8, 4) is 10.6 Å². The summed E-state index contributed by atoms with van der Waals surface area (Å²) >= 11 is 1.63. The van der Waals surface area contributed by atoms with Gasteiger partial charge in [-0.3, -0.25) is 14.7 Å². The molecule has 1 saturated heterocycles. The number of nitrogens with zero attached hydrogens (tertiary/aromatic N) is 2. The average molecular weight is 359 g/mol. The Morgan fingerprint density at radius 3 is 3.00 bits per heavy atom. The first-order valence-corrected chi connectivity index (χ1v) is 9.50. The van der Waals surface area contributed by atoms with Gasteiger partial charge < -0.3 is 9.64 Å². The van der Waals surface area contributed by atoms with E-state index in [0.29, 0.717) is 6.54 Å². The summed E-state index contributed by atoms with van der Waals surface area (Å²) in [4.78, 5) is 27.6. The normalized spacial score (nSPS) is 21.6. The maximum absolute atomic E-state index is 13.0. The van der Waals surface area contributed by atoms with Gasteiger partial charge in [-0.1, -0.05) is 6.07 Å². The molecule has 3 heterocycles. The fourth-order valence-electron chi connectivity index (χ4n) is 4.02. The number of hydrogen-bond donors (Lipinski definition) is 1. The second kappa shape index (κ2) is 6.29. The molecule has 25 heavy (non-hydrogen) atoms.